The maximum Gasteiger partial charge on any atom is 0.257 e. The van der Waals surface area contributed by atoms with Crippen LogP contribution in [-0.4, -0.2) is 16.8 Å². The van der Waals surface area contributed by atoms with Gasteiger partial charge in [0.15, 0.2) is 5.13 Å². The Morgan fingerprint density at radius 2 is 1.88 bits per heavy atom. The van der Waals surface area contributed by atoms with Gasteiger partial charge < -0.3 is 5.32 Å². The van der Waals surface area contributed by atoms with E-state index in [4.69, 9.17) is 0 Å². The number of rotatable bonds is 5. The molecule has 0 aliphatic heterocycles. The Morgan fingerprint density at radius 3 is 2.62 bits per heavy atom. The molecule has 26 heavy (non-hydrogen) atoms. The van der Waals surface area contributed by atoms with Crippen molar-refractivity contribution in [3.8, 4) is 0 Å². The van der Waals surface area contributed by atoms with Gasteiger partial charge in [0.2, 0.25) is 5.91 Å². The van der Waals surface area contributed by atoms with Gasteiger partial charge in [0.1, 0.15) is 5.82 Å². The van der Waals surface area contributed by atoms with Gasteiger partial charge in [-0.05, 0) is 48.9 Å². The van der Waals surface area contributed by atoms with E-state index in [9.17, 15) is 14.0 Å². The molecule has 0 saturated carbocycles. The Balaban J connectivity index is 1.58. The predicted octanol–water partition coefficient (Wildman–Crippen LogP) is 4.02. The van der Waals surface area contributed by atoms with Gasteiger partial charge in [0, 0.05) is 16.6 Å². The van der Waals surface area contributed by atoms with E-state index in [-0.39, 0.29) is 18.2 Å². The lowest BCUT2D eigenvalue weighted by molar-refractivity contribution is -0.115. The smallest absolute Gasteiger partial charge is 0.257 e. The highest BCUT2D eigenvalue weighted by molar-refractivity contribution is 7.14. The Labute approximate surface area is 153 Å². The maximum absolute atomic E-state index is 12.9. The third-order valence-corrected chi connectivity index (χ3v) is 4.33. The first-order chi connectivity index (χ1) is 12.5. The molecule has 0 bridgehead atoms. The fourth-order valence-corrected chi connectivity index (χ4v) is 3.01. The summed E-state index contributed by atoms with van der Waals surface area (Å²) in [4.78, 5) is 28.4. The summed E-state index contributed by atoms with van der Waals surface area (Å²) in [6, 6.07) is 12.8. The van der Waals surface area contributed by atoms with Crippen LogP contribution in [0.5, 0.6) is 0 Å². The fourth-order valence-electron chi connectivity index (χ4n) is 2.31. The number of carbonyl (C=O) groups excluding carboxylic acids is 2. The van der Waals surface area contributed by atoms with Crippen LogP contribution in [0.1, 0.15) is 21.6 Å². The van der Waals surface area contributed by atoms with Gasteiger partial charge in [0.05, 0.1) is 12.1 Å². The molecule has 0 aliphatic rings. The van der Waals surface area contributed by atoms with E-state index in [1.807, 2.05) is 31.2 Å². The monoisotopic (exact) mass is 369 g/mol. The predicted molar refractivity (Wildman–Crippen MR) is 100.0 cm³/mol. The van der Waals surface area contributed by atoms with Crippen LogP contribution in [0.25, 0.3) is 0 Å². The molecule has 0 radical (unpaired) electrons. The van der Waals surface area contributed by atoms with Crippen molar-refractivity contribution in [3.05, 3.63) is 76.5 Å². The number of thiazole rings is 1. The van der Waals surface area contributed by atoms with E-state index < -0.39 is 5.82 Å². The average molecular weight is 369 g/mol. The van der Waals surface area contributed by atoms with Crippen molar-refractivity contribution in [2.45, 2.75) is 13.3 Å². The number of nitrogens with zero attached hydrogens (tertiary/aromatic N) is 1. The quantitative estimate of drug-likeness (QED) is 0.713. The highest BCUT2D eigenvalue weighted by Gasteiger charge is 2.11. The highest BCUT2D eigenvalue weighted by atomic mass is 32.1. The van der Waals surface area contributed by atoms with Crippen LogP contribution < -0.4 is 10.6 Å². The van der Waals surface area contributed by atoms with Crippen molar-refractivity contribution >= 4 is 34.0 Å². The number of halogens is 1. The first kappa shape index (κ1) is 17.8. The molecule has 132 valence electrons. The zero-order chi connectivity index (χ0) is 18.5. The topological polar surface area (TPSA) is 71.1 Å². The number of aryl methyl sites for hydroxylation is 1. The van der Waals surface area contributed by atoms with Gasteiger partial charge in [0.25, 0.3) is 5.91 Å². The molecular formula is C19H16FN3O2S. The number of nitrogens with one attached hydrogen (secondary N) is 2. The molecule has 5 nitrogen and oxygen atoms in total. The van der Waals surface area contributed by atoms with Gasteiger partial charge >= 0.3 is 0 Å². The Bertz CT molecular complexity index is 938. The summed E-state index contributed by atoms with van der Waals surface area (Å²) < 4.78 is 12.9. The number of aromatic nitrogens is 1. The molecule has 3 rings (SSSR count). The number of hydrogen-bond donors (Lipinski definition) is 2. The van der Waals surface area contributed by atoms with Crippen molar-refractivity contribution in [1.82, 2.24) is 4.98 Å². The van der Waals surface area contributed by atoms with Crippen LogP contribution >= 0.6 is 11.3 Å². The summed E-state index contributed by atoms with van der Waals surface area (Å²) in [7, 11) is 0. The second kappa shape index (κ2) is 7.88. The van der Waals surface area contributed by atoms with Gasteiger partial charge in [-0.25, -0.2) is 9.37 Å². The Kier molecular flexibility index (Phi) is 5.38. The van der Waals surface area contributed by atoms with Crippen molar-refractivity contribution in [3.63, 3.8) is 0 Å². The van der Waals surface area contributed by atoms with Crippen LogP contribution in [0, 0.1) is 12.7 Å². The van der Waals surface area contributed by atoms with E-state index >= 15 is 0 Å². The van der Waals surface area contributed by atoms with E-state index in [0.29, 0.717) is 16.4 Å². The summed E-state index contributed by atoms with van der Waals surface area (Å²) in [6.07, 6.45) is 0.108. The SMILES string of the molecule is Cc1cccc(NC(=O)Cc2csc(NC(=O)c3ccc(F)cc3)n2)c1. The molecular weight excluding hydrogens is 353 g/mol. The molecule has 2 amide bonds. The highest BCUT2D eigenvalue weighted by Crippen LogP contribution is 2.18. The van der Waals surface area contributed by atoms with Crippen LogP contribution in [0.4, 0.5) is 15.2 Å². The molecule has 0 saturated heterocycles. The zero-order valence-corrected chi connectivity index (χ0v) is 14.8. The minimum Gasteiger partial charge on any atom is -0.326 e. The second-order valence-corrected chi connectivity index (χ2v) is 6.56. The molecule has 1 heterocycles. The van der Waals surface area contributed by atoms with E-state index in [0.717, 1.165) is 11.3 Å². The fraction of sp³-hybridized carbons (Fsp3) is 0.105. The van der Waals surface area contributed by atoms with Crippen molar-refractivity contribution in [1.29, 1.82) is 0 Å². The first-order valence-corrected chi connectivity index (χ1v) is 8.75. The molecule has 0 spiro atoms. The molecule has 7 heteroatoms. The van der Waals surface area contributed by atoms with Gasteiger partial charge in [-0.15, -0.1) is 11.3 Å². The van der Waals surface area contributed by atoms with E-state index in [1.165, 1.54) is 35.6 Å². The van der Waals surface area contributed by atoms with Crippen LogP contribution in [0.2, 0.25) is 0 Å². The van der Waals surface area contributed by atoms with Gasteiger partial charge in [-0.2, -0.15) is 0 Å². The molecule has 2 N–H and O–H groups in total. The lowest BCUT2D eigenvalue weighted by atomic mass is 10.2. The number of carbonyl (C=O) groups is 2. The van der Waals surface area contributed by atoms with Crippen molar-refractivity contribution in [2.24, 2.45) is 0 Å². The van der Waals surface area contributed by atoms with Crippen LogP contribution in [0.15, 0.2) is 53.9 Å². The summed E-state index contributed by atoms with van der Waals surface area (Å²) >= 11 is 1.23. The van der Waals surface area contributed by atoms with Gasteiger partial charge in [-0.1, -0.05) is 12.1 Å². The lowest BCUT2D eigenvalue weighted by Gasteiger charge is -2.04. The summed E-state index contributed by atoms with van der Waals surface area (Å²) in [5, 5.41) is 7.56. The first-order valence-electron chi connectivity index (χ1n) is 7.87. The molecule has 2 aromatic carbocycles. The van der Waals surface area contributed by atoms with E-state index in [1.54, 1.807) is 5.38 Å². The molecule has 3 aromatic rings. The number of amides is 2. The summed E-state index contributed by atoms with van der Waals surface area (Å²) in [5.74, 6) is -0.967. The zero-order valence-electron chi connectivity index (χ0n) is 14.0. The molecule has 0 unspecified atom stereocenters. The third kappa shape index (κ3) is 4.73. The lowest BCUT2D eigenvalue weighted by Crippen LogP contribution is -2.15. The number of benzene rings is 2. The molecule has 0 atom stereocenters. The van der Waals surface area contributed by atoms with E-state index in [2.05, 4.69) is 15.6 Å². The average Bonchev–Trinajstić information content (AvgIpc) is 3.02. The van der Waals surface area contributed by atoms with Crippen LogP contribution in [0.3, 0.4) is 0 Å². The standard InChI is InChI=1S/C19H16FN3O2S/c1-12-3-2-4-15(9-12)21-17(24)10-16-11-26-19(22-16)23-18(25)13-5-7-14(20)8-6-13/h2-9,11H,10H2,1H3,(H,21,24)(H,22,23,25). The Morgan fingerprint density at radius 1 is 1.12 bits per heavy atom. The second-order valence-electron chi connectivity index (χ2n) is 5.70. The molecule has 1 aromatic heterocycles. The van der Waals surface area contributed by atoms with Crippen LogP contribution in [-0.2, 0) is 11.2 Å². The molecule has 0 aliphatic carbocycles. The number of anilines is 2. The van der Waals surface area contributed by atoms with Crippen molar-refractivity contribution in [2.75, 3.05) is 10.6 Å². The summed E-state index contributed by atoms with van der Waals surface area (Å²) in [6.45, 7) is 1.95. The summed E-state index contributed by atoms with van der Waals surface area (Å²) in [5.41, 5.74) is 2.69. The Hall–Kier alpha value is -3.06. The minimum absolute atomic E-state index is 0.108. The number of hydrogen-bond acceptors (Lipinski definition) is 4. The van der Waals surface area contributed by atoms with Crippen molar-refractivity contribution < 1.29 is 14.0 Å². The normalized spacial score (nSPS) is 10.4. The van der Waals surface area contributed by atoms with Gasteiger partial charge in [-0.3, -0.25) is 14.9 Å². The largest absolute Gasteiger partial charge is 0.326 e. The minimum atomic E-state index is -0.405. The molecule has 0 fully saturated rings. The third-order valence-electron chi connectivity index (χ3n) is 3.52. The maximum atomic E-state index is 12.9.